The van der Waals surface area contributed by atoms with E-state index in [0.717, 1.165) is 12.8 Å². The van der Waals surface area contributed by atoms with Gasteiger partial charge in [-0.05, 0) is 203 Å². The van der Waals surface area contributed by atoms with Crippen LogP contribution in [0.5, 0.6) is 0 Å². The van der Waals surface area contributed by atoms with E-state index in [1.807, 2.05) is 34.0 Å². The maximum absolute atomic E-state index is 2.39. The van der Waals surface area contributed by atoms with Gasteiger partial charge in [0.1, 0.15) is 0 Å². The molecule has 18 aromatic carbocycles. The summed E-state index contributed by atoms with van der Waals surface area (Å²) in [6.45, 7) is 8.99. The van der Waals surface area contributed by atoms with E-state index >= 15 is 0 Å². The summed E-state index contributed by atoms with van der Waals surface area (Å²) >= 11 is 5.67. The molecule has 0 aliphatic carbocycles. The highest BCUT2D eigenvalue weighted by Crippen LogP contribution is 2.46. The molecule has 510 valence electrons. The Balaban J connectivity index is 0.000000110. The second-order valence-corrected chi connectivity index (χ2v) is 32.0. The summed E-state index contributed by atoms with van der Waals surface area (Å²) in [5, 5.41) is 24.0. The van der Waals surface area contributed by atoms with Gasteiger partial charge in [0.05, 0.1) is 0 Å². The highest BCUT2D eigenvalue weighted by molar-refractivity contribution is 7.27. The van der Waals surface area contributed by atoms with E-state index in [1.54, 1.807) is 0 Å². The molecule has 0 aliphatic heterocycles. The van der Waals surface area contributed by atoms with Crippen LogP contribution in [0, 0.1) is 0 Å². The molecule has 0 bridgehead atoms. The Hall–Kier alpha value is -11.8. The van der Waals surface area contributed by atoms with Gasteiger partial charge in [-0.1, -0.05) is 344 Å². The van der Waals surface area contributed by atoms with Crippen molar-refractivity contribution in [2.45, 2.75) is 52.9 Å². The maximum Gasteiger partial charge on any atom is 0.0433 e. The van der Waals surface area contributed by atoms with Crippen LogP contribution in [0.2, 0.25) is 0 Å². The first kappa shape index (κ1) is 65.9. The predicted octanol–water partition coefficient (Wildman–Crippen LogP) is 31.7. The van der Waals surface area contributed by atoms with Crippen LogP contribution in [0.3, 0.4) is 0 Å². The van der Waals surface area contributed by atoms with Crippen molar-refractivity contribution in [3.8, 4) is 66.8 Å². The second-order valence-electron chi connectivity index (χ2n) is 28.8. The fraction of sp³-hybridized carbons (Fsp3) is 0.0769. The number of hydrogen-bond donors (Lipinski definition) is 0. The summed E-state index contributed by atoms with van der Waals surface area (Å²) in [5.41, 5.74) is 19.6. The molecule has 0 amide bonds. The monoisotopic (exact) mass is 1420 g/mol. The minimum Gasteiger partial charge on any atom is -0.135 e. The van der Waals surface area contributed by atoms with Crippen LogP contribution in [-0.2, 0) is 12.8 Å². The van der Waals surface area contributed by atoms with Crippen LogP contribution in [0.25, 0.3) is 192 Å². The molecule has 0 saturated heterocycles. The number of fused-ring (bicyclic) bond motifs is 18. The van der Waals surface area contributed by atoms with Crippen LogP contribution in [0.15, 0.2) is 346 Å². The molecule has 0 nitrogen and oxygen atoms in total. The largest absolute Gasteiger partial charge is 0.135 e. The number of aryl methyl sites for hydroxylation is 2. The SMILES string of the molecule is CC(C)c1ccc2cc(-c3ccc(-c4cccc5c4sc4ccccc45)cc3)c3ccccc3c2c1.CCCc1ccc2cc(-c3ccc(-c4cccc5c4sc4ccccc45)cc3)c3ccccc3c2c1.CCc1ccc2cc(-c3ccc(-c4cccc5c4sc4ccccc45)cc3)c3ccccc3c2c1. The molecule has 0 unspecified atom stereocenters. The summed E-state index contributed by atoms with van der Waals surface area (Å²) in [7, 11) is 0. The summed E-state index contributed by atoms with van der Waals surface area (Å²) < 4.78 is 8.14. The van der Waals surface area contributed by atoms with Gasteiger partial charge in [-0.3, -0.25) is 0 Å². The predicted molar refractivity (Wildman–Crippen MR) is 473 cm³/mol. The third-order valence-corrected chi connectivity index (χ3v) is 25.7. The maximum atomic E-state index is 2.39. The lowest BCUT2D eigenvalue weighted by Gasteiger charge is -2.14. The highest BCUT2D eigenvalue weighted by atomic mass is 32.1. The Kier molecular flexibility index (Phi) is 17.2. The van der Waals surface area contributed by atoms with E-state index in [9.17, 15) is 0 Å². The molecular weight excluding hydrogens is 1350 g/mol. The Bertz CT molecular complexity index is 7000. The minimum atomic E-state index is 0.519. The van der Waals surface area contributed by atoms with Crippen LogP contribution in [0.1, 0.15) is 56.7 Å². The van der Waals surface area contributed by atoms with Crippen LogP contribution in [0.4, 0.5) is 0 Å². The van der Waals surface area contributed by atoms with Gasteiger partial charge in [0, 0.05) is 60.5 Å². The normalized spacial score (nSPS) is 11.7. The second kappa shape index (κ2) is 27.9. The van der Waals surface area contributed by atoms with Crippen molar-refractivity contribution in [3.63, 3.8) is 0 Å². The molecule has 3 aromatic heterocycles. The molecule has 3 heterocycles. The van der Waals surface area contributed by atoms with E-state index in [0.29, 0.717) is 5.92 Å². The standard InChI is InChI=1S/2C35H26S.C34H24S/c1-22(2)25-18-19-26-21-32(28-8-3-4-9-29(28)33(26)20-25)24-16-14-23(15-17-24)27-11-7-12-31-30-10-5-6-13-34(30)36-35(27)31;1-2-8-23-15-16-26-22-33(29-10-4-3-9-28(29)32(26)21-23)25-19-17-24(18-20-25)27-12-7-13-31-30-11-5-6-14-34(30)36-35(27)31;1-2-22-14-15-25-21-32(28-9-4-3-8-27(28)31(25)20-22)24-18-16-23(17-19-24)26-11-7-12-30-29-10-5-6-13-33(29)35-34(26)30/h3-22H,1-2H3;3-7,9-22H,2,8H2,1H3;3-21H,2H2,1H3. The van der Waals surface area contributed by atoms with Gasteiger partial charge in [0.25, 0.3) is 0 Å². The Morgan fingerprint density at radius 1 is 0.224 bits per heavy atom. The van der Waals surface area contributed by atoms with Crippen LogP contribution in [-0.4, -0.2) is 0 Å². The molecular formula is C104H76S3. The summed E-state index contributed by atoms with van der Waals surface area (Å²) in [6.07, 6.45) is 3.35. The van der Waals surface area contributed by atoms with Crippen molar-refractivity contribution in [2.75, 3.05) is 0 Å². The van der Waals surface area contributed by atoms with Gasteiger partial charge < -0.3 is 0 Å². The molecule has 0 spiro atoms. The van der Waals surface area contributed by atoms with Crippen molar-refractivity contribution < 1.29 is 0 Å². The van der Waals surface area contributed by atoms with Gasteiger partial charge >= 0.3 is 0 Å². The molecule has 0 fully saturated rings. The zero-order valence-corrected chi connectivity index (χ0v) is 62.8. The van der Waals surface area contributed by atoms with Gasteiger partial charge in [-0.15, -0.1) is 34.0 Å². The van der Waals surface area contributed by atoms with E-state index in [-0.39, 0.29) is 0 Å². The molecule has 0 radical (unpaired) electrons. The van der Waals surface area contributed by atoms with Crippen molar-refractivity contribution in [3.05, 3.63) is 362 Å². The Morgan fingerprint density at radius 3 is 0.860 bits per heavy atom. The van der Waals surface area contributed by atoms with Crippen molar-refractivity contribution in [2.24, 2.45) is 0 Å². The average molecular weight is 1420 g/mol. The third kappa shape index (κ3) is 12.0. The third-order valence-electron chi connectivity index (χ3n) is 22.1. The molecule has 0 atom stereocenters. The number of rotatable bonds is 10. The molecule has 0 saturated carbocycles. The zero-order valence-electron chi connectivity index (χ0n) is 60.3. The van der Waals surface area contributed by atoms with E-state index < -0.39 is 0 Å². The lowest BCUT2D eigenvalue weighted by Crippen LogP contribution is -1.89. The van der Waals surface area contributed by atoms with Gasteiger partial charge in [-0.25, -0.2) is 0 Å². The fourth-order valence-electron chi connectivity index (χ4n) is 16.6. The van der Waals surface area contributed by atoms with E-state index in [2.05, 4.69) is 373 Å². The molecule has 3 heteroatoms. The molecule has 21 rings (SSSR count). The molecule has 107 heavy (non-hydrogen) atoms. The Morgan fingerprint density at radius 2 is 0.514 bits per heavy atom. The number of hydrogen-bond acceptors (Lipinski definition) is 3. The Labute approximate surface area is 636 Å². The van der Waals surface area contributed by atoms with Crippen LogP contribution < -0.4 is 0 Å². The molecule has 21 aromatic rings. The zero-order chi connectivity index (χ0) is 71.6. The lowest BCUT2D eigenvalue weighted by molar-refractivity contribution is 0.869. The van der Waals surface area contributed by atoms with E-state index in [1.165, 1.54) is 215 Å². The van der Waals surface area contributed by atoms with E-state index in [4.69, 9.17) is 0 Å². The van der Waals surface area contributed by atoms with Gasteiger partial charge in [0.2, 0.25) is 0 Å². The topological polar surface area (TPSA) is 0 Å². The van der Waals surface area contributed by atoms with Crippen molar-refractivity contribution in [1.82, 2.24) is 0 Å². The fourth-order valence-corrected chi connectivity index (χ4v) is 20.3. The lowest BCUT2D eigenvalue weighted by atomic mass is 9.90. The van der Waals surface area contributed by atoms with Crippen LogP contribution >= 0.6 is 34.0 Å². The van der Waals surface area contributed by atoms with Crippen molar-refractivity contribution >= 4 is 159 Å². The average Bonchev–Trinajstić information content (AvgIpc) is 1.64. The first-order valence-corrected chi connectivity index (χ1v) is 40.1. The highest BCUT2D eigenvalue weighted by Gasteiger charge is 2.18. The molecule has 0 N–H and O–H groups in total. The van der Waals surface area contributed by atoms with Gasteiger partial charge in [-0.2, -0.15) is 0 Å². The van der Waals surface area contributed by atoms with Crippen molar-refractivity contribution in [1.29, 1.82) is 0 Å². The first-order chi connectivity index (χ1) is 52.8. The molecule has 0 aliphatic rings. The smallest absolute Gasteiger partial charge is 0.0433 e. The number of thiophene rings is 3. The summed E-state index contributed by atoms with van der Waals surface area (Å²) in [5.74, 6) is 0.519. The first-order valence-electron chi connectivity index (χ1n) is 37.6. The number of benzene rings is 18. The van der Waals surface area contributed by atoms with Gasteiger partial charge in [0.15, 0.2) is 0 Å². The minimum absolute atomic E-state index is 0.519. The quantitative estimate of drug-likeness (QED) is 0.120. The summed E-state index contributed by atoms with van der Waals surface area (Å²) in [6, 6.07) is 128. The summed E-state index contributed by atoms with van der Waals surface area (Å²) in [4.78, 5) is 0.